The van der Waals surface area contributed by atoms with Gasteiger partial charge in [0.1, 0.15) is 0 Å². The summed E-state index contributed by atoms with van der Waals surface area (Å²) in [5.41, 5.74) is 1.38. The summed E-state index contributed by atoms with van der Waals surface area (Å²) in [5, 5.41) is 3.48. The number of nitrogens with one attached hydrogen (secondary N) is 1. The lowest BCUT2D eigenvalue weighted by Crippen LogP contribution is -2.50. The molecule has 0 spiro atoms. The summed E-state index contributed by atoms with van der Waals surface area (Å²) in [7, 11) is 4.44. The monoisotopic (exact) mass is 325 g/mol. The summed E-state index contributed by atoms with van der Waals surface area (Å²) in [6, 6.07) is 9.29. The zero-order chi connectivity index (χ0) is 13.7. The molecule has 1 unspecified atom stereocenters. The largest absolute Gasteiger partial charge is 0.314 e. The Balaban J connectivity index is 1.74. The lowest BCUT2D eigenvalue weighted by atomic mass is 10.1. The number of halogens is 1. The van der Waals surface area contributed by atoms with Crippen molar-refractivity contribution in [1.82, 2.24) is 15.1 Å². The molecule has 0 radical (unpaired) electrons. The van der Waals surface area contributed by atoms with E-state index in [9.17, 15) is 0 Å². The maximum Gasteiger partial charge on any atom is 0.0230 e. The number of likely N-dealkylation sites (N-methyl/N-ethyl adjacent to an activating group) is 1. The van der Waals surface area contributed by atoms with Gasteiger partial charge in [0.25, 0.3) is 0 Å². The van der Waals surface area contributed by atoms with E-state index >= 15 is 0 Å². The van der Waals surface area contributed by atoms with Crippen molar-refractivity contribution in [3.63, 3.8) is 0 Å². The van der Waals surface area contributed by atoms with Crippen molar-refractivity contribution in [3.8, 4) is 0 Å². The molecule has 1 N–H and O–H groups in total. The van der Waals surface area contributed by atoms with Crippen molar-refractivity contribution in [1.29, 1.82) is 0 Å². The van der Waals surface area contributed by atoms with E-state index in [2.05, 4.69) is 69.4 Å². The molecule has 4 heteroatoms. The highest BCUT2D eigenvalue weighted by atomic mass is 79.9. The van der Waals surface area contributed by atoms with Crippen LogP contribution < -0.4 is 5.32 Å². The molecule has 0 aliphatic carbocycles. The predicted molar refractivity (Wildman–Crippen MR) is 84.4 cm³/mol. The summed E-state index contributed by atoms with van der Waals surface area (Å²) in [4.78, 5) is 4.88. The van der Waals surface area contributed by atoms with Crippen LogP contribution in [0.2, 0.25) is 0 Å². The first-order valence-electron chi connectivity index (χ1n) is 6.99. The second kappa shape index (κ2) is 7.39. The Morgan fingerprint density at radius 1 is 1.37 bits per heavy atom. The van der Waals surface area contributed by atoms with Crippen molar-refractivity contribution >= 4 is 15.9 Å². The number of piperazine rings is 1. The number of benzene rings is 1. The van der Waals surface area contributed by atoms with Gasteiger partial charge in [-0.15, -0.1) is 0 Å². The van der Waals surface area contributed by atoms with Crippen LogP contribution in [0.25, 0.3) is 0 Å². The van der Waals surface area contributed by atoms with Gasteiger partial charge in [-0.3, -0.25) is 0 Å². The molecule has 1 aliphatic rings. The fraction of sp³-hybridized carbons (Fsp3) is 0.600. The third kappa shape index (κ3) is 4.88. The molecule has 0 bridgehead atoms. The van der Waals surface area contributed by atoms with Crippen LogP contribution >= 0.6 is 15.9 Å². The quantitative estimate of drug-likeness (QED) is 0.895. The zero-order valence-corrected chi connectivity index (χ0v) is 13.5. The van der Waals surface area contributed by atoms with Gasteiger partial charge in [0.2, 0.25) is 0 Å². The van der Waals surface area contributed by atoms with E-state index in [0.29, 0.717) is 6.04 Å². The molecule has 1 heterocycles. The lowest BCUT2D eigenvalue weighted by Gasteiger charge is -2.34. The van der Waals surface area contributed by atoms with Crippen molar-refractivity contribution in [3.05, 3.63) is 34.3 Å². The van der Waals surface area contributed by atoms with Crippen LogP contribution in [0.1, 0.15) is 12.0 Å². The minimum Gasteiger partial charge on any atom is -0.314 e. The van der Waals surface area contributed by atoms with Gasteiger partial charge in [-0.05, 0) is 44.8 Å². The first-order chi connectivity index (χ1) is 9.15. The summed E-state index contributed by atoms with van der Waals surface area (Å²) >= 11 is 3.48. The van der Waals surface area contributed by atoms with E-state index < -0.39 is 0 Å². The van der Waals surface area contributed by atoms with Crippen molar-refractivity contribution in [2.75, 3.05) is 40.3 Å². The normalized spacial score (nSPS) is 20.9. The van der Waals surface area contributed by atoms with E-state index in [1.165, 1.54) is 18.5 Å². The van der Waals surface area contributed by atoms with Crippen molar-refractivity contribution in [2.45, 2.75) is 19.0 Å². The molecule has 1 fully saturated rings. The van der Waals surface area contributed by atoms with Crippen LogP contribution in [-0.4, -0.2) is 56.1 Å². The molecule has 19 heavy (non-hydrogen) atoms. The SMILES string of the molecule is CN(CCC1CNCCN1C)Cc1ccc(Br)cc1. The molecule has 1 saturated heterocycles. The van der Waals surface area contributed by atoms with Gasteiger partial charge in [0.05, 0.1) is 0 Å². The van der Waals surface area contributed by atoms with E-state index in [1.807, 2.05) is 0 Å². The average Bonchev–Trinajstić information content (AvgIpc) is 2.40. The Kier molecular flexibility index (Phi) is 5.82. The molecular weight excluding hydrogens is 302 g/mol. The lowest BCUT2D eigenvalue weighted by molar-refractivity contribution is 0.171. The van der Waals surface area contributed by atoms with Gasteiger partial charge >= 0.3 is 0 Å². The molecule has 1 aromatic carbocycles. The summed E-state index contributed by atoms with van der Waals surface area (Å²) < 4.78 is 1.15. The highest BCUT2D eigenvalue weighted by Crippen LogP contribution is 2.12. The Hall–Kier alpha value is -0.420. The Bertz CT molecular complexity index is 379. The second-order valence-corrected chi connectivity index (χ2v) is 6.41. The smallest absolute Gasteiger partial charge is 0.0230 e. The van der Waals surface area contributed by atoms with Gasteiger partial charge in [-0.1, -0.05) is 28.1 Å². The maximum absolute atomic E-state index is 3.48. The zero-order valence-electron chi connectivity index (χ0n) is 11.9. The fourth-order valence-corrected chi connectivity index (χ4v) is 2.80. The fourth-order valence-electron chi connectivity index (χ4n) is 2.53. The van der Waals surface area contributed by atoms with Crippen LogP contribution in [0.5, 0.6) is 0 Å². The standard InChI is InChI=1S/C15H24BrN3/c1-18(12-13-3-5-14(16)6-4-13)9-7-15-11-17-8-10-19(15)2/h3-6,15,17H,7-12H2,1-2H3. The van der Waals surface area contributed by atoms with Crippen LogP contribution in [0.3, 0.4) is 0 Å². The van der Waals surface area contributed by atoms with Gasteiger partial charge in [-0.25, -0.2) is 0 Å². The van der Waals surface area contributed by atoms with Crippen molar-refractivity contribution in [2.24, 2.45) is 0 Å². The predicted octanol–water partition coefficient (Wildman–Crippen LogP) is 2.17. The van der Waals surface area contributed by atoms with Crippen LogP contribution in [-0.2, 0) is 6.54 Å². The molecular formula is C15H24BrN3. The molecule has 106 valence electrons. The molecule has 2 rings (SSSR count). The van der Waals surface area contributed by atoms with E-state index in [4.69, 9.17) is 0 Å². The number of hydrogen-bond acceptors (Lipinski definition) is 3. The third-order valence-electron chi connectivity index (χ3n) is 3.85. The Morgan fingerprint density at radius 2 is 2.11 bits per heavy atom. The van der Waals surface area contributed by atoms with Crippen molar-refractivity contribution < 1.29 is 0 Å². The molecule has 1 atom stereocenters. The van der Waals surface area contributed by atoms with Crippen LogP contribution in [0.15, 0.2) is 28.7 Å². The Morgan fingerprint density at radius 3 is 2.79 bits per heavy atom. The molecule has 0 saturated carbocycles. The molecule has 3 nitrogen and oxygen atoms in total. The minimum absolute atomic E-state index is 0.682. The van der Waals surface area contributed by atoms with E-state index in [0.717, 1.165) is 30.7 Å². The van der Waals surface area contributed by atoms with Crippen LogP contribution in [0.4, 0.5) is 0 Å². The molecule has 0 amide bonds. The summed E-state index contributed by atoms with van der Waals surface area (Å²) in [6.07, 6.45) is 1.23. The second-order valence-electron chi connectivity index (χ2n) is 5.49. The molecule has 1 aromatic rings. The van der Waals surface area contributed by atoms with E-state index in [1.54, 1.807) is 0 Å². The molecule has 0 aromatic heterocycles. The maximum atomic E-state index is 3.48. The van der Waals surface area contributed by atoms with Gasteiger partial charge < -0.3 is 15.1 Å². The van der Waals surface area contributed by atoms with Crippen LogP contribution in [0, 0.1) is 0 Å². The summed E-state index contributed by atoms with van der Waals surface area (Å²) in [6.45, 7) is 5.59. The number of hydrogen-bond donors (Lipinski definition) is 1. The Labute approximate surface area is 125 Å². The molecule has 1 aliphatic heterocycles. The number of rotatable bonds is 5. The third-order valence-corrected chi connectivity index (χ3v) is 4.38. The highest BCUT2D eigenvalue weighted by molar-refractivity contribution is 9.10. The minimum atomic E-state index is 0.682. The average molecular weight is 326 g/mol. The first-order valence-corrected chi connectivity index (χ1v) is 7.78. The van der Waals surface area contributed by atoms with Gasteiger partial charge in [-0.2, -0.15) is 0 Å². The topological polar surface area (TPSA) is 18.5 Å². The van der Waals surface area contributed by atoms with E-state index in [-0.39, 0.29) is 0 Å². The first kappa shape index (κ1) is 15.0. The van der Waals surface area contributed by atoms with Gasteiger partial charge in [0.15, 0.2) is 0 Å². The highest BCUT2D eigenvalue weighted by Gasteiger charge is 2.18. The summed E-state index contributed by atoms with van der Waals surface area (Å²) in [5.74, 6) is 0. The van der Waals surface area contributed by atoms with Gasteiger partial charge in [0, 0.05) is 36.7 Å². The number of nitrogens with zero attached hydrogens (tertiary/aromatic N) is 2.